The summed E-state index contributed by atoms with van der Waals surface area (Å²) >= 11 is 0. The van der Waals surface area contributed by atoms with Gasteiger partial charge in [-0.1, -0.05) is 19.1 Å². The second-order valence-corrected chi connectivity index (χ2v) is 11.2. The highest BCUT2D eigenvalue weighted by Crippen LogP contribution is 2.36. The summed E-state index contributed by atoms with van der Waals surface area (Å²) in [4.78, 5) is 14.5. The molecular formula is C28H35BF3NO4. The van der Waals surface area contributed by atoms with Crippen LogP contribution in [0.25, 0.3) is 0 Å². The maximum Gasteiger partial charge on any atom is 0.494 e. The number of rotatable bonds is 7. The molecule has 0 N–H and O–H groups in total. The van der Waals surface area contributed by atoms with Gasteiger partial charge in [-0.25, -0.2) is 13.2 Å². The fraction of sp³-hybridized carbons (Fsp3) is 0.536. The average Bonchev–Trinajstić information content (AvgIpc) is 3.05. The second-order valence-electron chi connectivity index (χ2n) is 11.2. The summed E-state index contributed by atoms with van der Waals surface area (Å²) in [6.07, 6.45) is 1.79. The van der Waals surface area contributed by atoms with E-state index < -0.39 is 35.8 Å². The number of amides is 1. The Morgan fingerprint density at radius 2 is 1.57 bits per heavy atom. The molecule has 2 fully saturated rings. The first kappa shape index (κ1) is 27.5. The summed E-state index contributed by atoms with van der Waals surface area (Å²) in [5, 5.41) is 0. The molecule has 4 rings (SSSR count). The lowest BCUT2D eigenvalue weighted by Gasteiger charge is -2.33. The Morgan fingerprint density at radius 1 is 1.00 bits per heavy atom. The largest absolute Gasteiger partial charge is 0.494 e. The van der Waals surface area contributed by atoms with Crippen LogP contribution in [0, 0.1) is 23.4 Å². The minimum absolute atomic E-state index is 0.000423. The van der Waals surface area contributed by atoms with Crippen molar-refractivity contribution in [3.63, 3.8) is 0 Å². The monoisotopic (exact) mass is 517 g/mol. The van der Waals surface area contributed by atoms with Gasteiger partial charge < -0.3 is 18.9 Å². The van der Waals surface area contributed by atoms with E-state index in [9.17, 15) is 18.0 Å². The van der Waals surface area contributed by atoms with Gasteiger partial charge in [0.2, 0.25) is 5.91 Å². The minimum atomic E-state index is -1.21. The van der Waals surface area contributed by atoms with Crippen molar-refractivity contribution in [3.8, 4) is 5.75 Å². The van der Waals surface area contributed by atoms with Crippen LogP contribution in [-0.2, 0) is 20.5 Å². The molecule has 0 aromatic heterocycles. The maximum atomic E-state index is 13.9. The number of hydrogen-bond acceptors (Lipinski definition) is 4. The van der Waals surface area contributed by atoms with Crippen molar-refractivity contribution in [3.05, 3.63) is 59.4 Å². The molecule has 0 bridgehead atoms. The summed E-state index contributed by atoms with van der Waals surface area (Å²) in [5.74, 6) is -2.56. The van der Waals surface area contributed by atoms with Crippen LogP contribution in [0.4, 0.5) is 13.2 Å². The van der Waals surface area contributed by atoms with E-state index in [1.54, 1.807) is 4.90 Å². The molecular weight excluding hydrogens is 482 g/mol. The van der Waals surface area contributed by atoms with Crippen molar-refractivity contribution in [2.24, 2.45) is 5.92 Å². The highest BCUT2D eigenvalue weighted by Gasteiger charge is 2.51. The molecule has 1 atom stereocenters. The molecule has 1 amide bonds. The van der Waals surface area contributed by atoms with E-state index in [1.165, 1.54) is 0 Å². The first-order valence-corrected chi connectivity index (χ1v) is 12.9. The van der Waals surface area contributed by atoms with Gasteiger partial charge in [0.15, 0.2) is 11.6 Å². The van der Waals surface area contributed by atoms with Crippen molar-refractivity contribution in [2.75, 3.05) is 13.1 Å². The highest BCUT2D eigenvalue weighted by atomic mass is 19.2. The van der Waals surface area contributed by atoms with Gasteiger partial charge in [0.05, 0.1) is 11.2 Å². The Hall–Kier alpha value is -2.52. The van der Waals surface area contributed by atoms with Crippen LogP contribution in [0.5, 0.6) is 5.75 Å². The number of hydrogen-bond donors (Lipinski definition) is 0. The molecule has 0 unspecified atom stereocenters. The standard InChI is InChI=1S/C28H35BF3NO4/c1-18(14-19-16-24(31)25(32)17-23(19)30)15-26(34)33-12-10-22(11-13-33)35-21-8-6-20(7-9-21)29-36-27(2,3)28(4,5)37-29/h6-9,16-18,22H,10-15H2,1-5H3/t18-/m1/s1. The van der Waals surface area contributed by atoms with Gasteiger partial charge in [-0.3, -0.25) is 4.79 Å². The molecule has 2 saturated heterocycles. The minimum Gasteiger partial charge on any atom is -0.490 e. The smallest absolute Gasteiger partial charge is 0.490 e. The van der Waals surface area contributed by atoms with Gasteiger partial charge in [-0.2, -0.15) is 0 Å². The number of halogens is 3. The highest BCUT2D eigenvalue weighted by molar-refractivity contribution is 6.62. The van der Waals surface area contributed by atoms with Crippen LogP contribution in [0.1, 0.15) is 59.4 Å². The van der Waals surface area contributed by atoms with Crippen molar-refractivity contribution in [2.45, 2.75) is 77.6 Å². The fourth-order valence-corrected chi connectivity index (χ4v) is 4.69. The molecule has 200 valence electrons. The molecule has 2 heterocycles. The predicted molar refractivity (Wildman–Crippen MR) is 136 cm³/mol. The van der Waals surface area contributed by atoms with Gasteiger partial charge in [0, 0.05) is 38.4 Å². The van der Waals surface area contributed by atoms with Gasteiger partial charge in [-0.15, -0.1) is 0 Å². The molecule has 9 heteroatoms. The zero-order valence-corrected chi connectivity index (χ0v) is 22.2. The molecule has 2 aromatic rings. The van der Waals surface area contributed by atoms with Crippen LogP contribution < -0.4 is 10.2 Å². The topological polar surface area (TPSA) is 48.0 Å². The summed E-state index contributed by atoms with van der Waals surface area (Å²) < 4.78 is 58.9. The molecule has 2 aliphatic rings. The molecule has 0 aliphatic carbocycles. The molecule has 0 saturated carbocycles. The number of carbonyl (C=O) groups is 1. The van der Waals surface area contributed by atoms with Gasteiger partial charge in [0.25, 0.3) is 0 Å². The van der Waals surface area contributed by atoms with Crippen molar-refractivity contribution in [1.29, 1.82) is 0 Å². The Morgan fingerprint density at radius 3 is 2.16 bits per heavy atom. The Balaban J connectivity index is 1.23. The van der Waals surface area contributed by atoms with E-state index in [4.69, 9.17) is 14.0 Å². The fourth-order valence-electron chi connectivity index (χ4n) is 4.69. The van der Waals surface area contributed by atoms with E-state index in [2.05, 4.69) is 0 Å². The second kappa shape index (κ2) is 10.7. The Bertz CT molecular complexity index is 1100. The normalized spacial score (nSPS) is 20.2. The van der Waals surface area contributed by atoms with Crippen molar-refractivity contribution >= 4 is 18.5 Å². The Kier molecular flexibility index (Phi) is 7.95. The van der Waals surface area contributed by atoms with Crippen LogP contribution in [0.15, 0.2) is 36.4 Å². The number of likely N-dealkylation sites (tertiary alicyclic amines) is 1. The SMILES string of the molecule is C[C@@H](CC(=O)N1CCC(Oc2ccc(B3OC(C)(C)C(C)(C)O3)cc2)CC1)Cc1cc(F)c(F)cc1F. The average molecular weight is 517 g/mol. The number of benzene rings is 2. The Labute approximate surface area is 217 Å². The first-order chi connectivity index (χ1) is 17.3. The molecule has 2 aromatic carbocycles. The molecule has 5 nitrogen and oxygen atoms in total. The number of piperidine rings is 1. The van der Waals surface area contributed by atoms with Gasteiger partial charge >= 0.3 is 7.12 Å². The number of ether oxygens (including phenoxy) is 1. The third-order valence-electron chi connectivity index (χ3n) is 7.68. The molecule has 0 radical (unpaired) electrons. The lowest BCUT2D eigenvalue weighted by molar-refractivity contribution is -0.133. The predicted octanol–water partition coefficient (Wildman–Crippen LogP) is 5.04. The summed E-state index contributed by atoms with van der Waals surface area (Å²) in [5.41, 5.74) is 0.218. The van der Waals surface area contributed by atoms with E-state index in [0.717, 1.165) is 17.3 Å². The van der Waals surface area contributed by atoms with E-state index >= 15 is 0 Å². The number of carbonyl (C=O) groups excluding carboxylic acids is 1. The van der Waals surface area contributed by atoms with Crippen LogP contribution in [-0.4, -0.2) is 48.3 Å². The van der Waals surface area contributed by atoms with Crippen molar-refractivity contribution in [1.82, 2.24) is 4.90 Å². The molecule has 0 spiro atoms. The third kappa shape index (κ3) is 6.32. The van der Waals surface area contributed by atoms with Crippen molar-refractivity contribution < 1.29 is 32.0 Å². The first-order valence-electron chi connectivity index (χ1n) is 12.9. The summed E-state index contributed by atoms with van der Waals surface area (Å²) in [6.45, 7) is 11.0. The third-order valence-corrected chi connectivity index (χ3v) is 7.68. The zero-order chi connectivity index (χ0) is 27.0. The van der Waals surface area contributed by atoms with Gasteiger partial charge in [0.1, 0.15) is 17.7 Å². The van der Waals surface area contributed by atoms with Crippen LogP contribution in [0.3, 0.4) is 0 Å². The van der Waals surface area contributed by atoms with Crippen LogP contribution >= 0.6 is 0 Å². The van der Waals surface area contributed by atoms with Crippen LogP contribution in [0.2, 0.25) is 0 Å². The quantitative estimate of drug-likeness (QED) is 0.382. The lowest BCUT2D eigenvalue weighted by Crippen LogP contribution is -2.42. The summed E-state index contributed by atoms with van der Waals surface area (Å²) in [7, 11) is -0.422. The van der Waals surface area contributed by atoms with E-state index in [1.807, 2.05) is 58.9 Å². The summed E-state index contributed by atoms with van der Waals surface area (Å²) in [6, 6.07) is 9.15. The van der Waals surface area contributed by atoms with E-state index in [-0.39, 0.29) is 36.3 Å². The zero-order valence-electron chi connectivity index (χ0n) is 22.2. The number of nitrogens with zero attached hydrogens (tertiary/aromatic N) is 1. The van der Waals surface area contributed by atoms with Gasteiger partial charge in [-0.05, 0) is 69.3 Å². The molecule has 2 aliphatic heterocycles. The molecule has 37 heavy (non-hydrogen) atoms. The van der Waals surface area contributed by atoms with E-state index in [0.29, 0.717) is 32.0 Å². The maximum absolute atomic E-state index is 13.9. The lowest BCUT2D eigenvalue weighted by atomic mass is 9.79.